The molecule has 0 bridgehead atoms. The van der Waals surface area contributed by atoms with E-state index in [-0.39, 0.29) is 4.90 Å². The van der Waals surface area contributed by atoms with E-state index in [1.54, 1.807) is 30.3 Å². The fourth-order valence-corrected chi connectivity index (χ4v) is 4.60. The zero-order valence-electron chi connectivity index (χ0n) is 17.1. The molecular formula is C22H25N5O2S. The van der Waals surface area contributed by atoms with Gasteiger partial charge in [0.25, 0.3) is 10.0 Å². The first-order valence-corrected chi connectivity index (χ1v) is 11.4. The molecule has 4 rings (SSSR count). The molecule has 30 heavy (non-hydrogen) atoms. The van der Waals surface area contributed by atoms with Crippen molar-refractivity contribution in [1.82, 2.24) is 9.97 Å². The summed E-state index contributed by atoms with van der Waals surface area (Å²) in [4.78, 5) is 11.6. The van der Waals surface area contributed by atoms with E-state index in [2.05, 4.69) is 24.9 Å². The third-order valence-corrected chi connectivity index (χ3v) is 6.32. The summed E-state index contributed by atoms with van der Waals surface area (Å²) >= 11 is 0. The highest BCUT2D eigenvalue weighted by Crippen LogP contribution is 2.23. The Bertz CT molecular complexity index is 1140. The van der Waals surface area contributed by atoms with E-state index in [1.165, 1.54) is 12.8 Å². The van der Waals surface area contributed by atoms with Crippen molar-refractivity contribution in [2.45, 2.75) is 31.6 Å². The molecule has 0 spiro atoms. The molecule has 2 aromatic carbocycles. The van der Waals surface area contributed by atoms with Crippen LogP contribution in [0.5, 0.6) is 0 Å². The Hall–Kier alpha value is -3.13. The summed E-state index contributed by atoms with van der Waals surface area (Å²) in [5, 5.41) is 3.28. The fraction of sp³-hybridized carbons (Fsp3) is 0.273. The number of benzene rings is 2. The lowest BCUT2D eigenvalue weighted by Crippen LogP contribution is -2.21. The Morgan fingerprint density at radius 2 is 1.60 bits per heavy atom. The van der Waals surface area contributed by atoms with Crippen LogP contribution in [0.2, 0.25) is 0 Å². The van der Waals surface area contributed by atoms with E-state index < -0.39 is 10.0 Å². The Kier molecular flexibility index (Phi) is 5.59. The predicted octanol–water partition coefficient (Wildman–Crippen LogP) is 4.24. The number of nitrogens with one attached hydrogen (secondary N) is 2. The van der Waals surface area contributed by atoms with E-state index in [0.29, 0.717) is 5.69 Å². The van der Waals surface area contributed by atoms with Crippen LogP contribution in [0, 0.1) is 13.8 Å². The molecule has 1 aliphatic rings. The largest absolute Gasteiger partial charge is 0.341 e. The lowest BCUT2D eigenvalue weighted by Gasteiger charge is -2.17. The predicted molar refractivity (Wildman–Crippen MR) is 120 cm³/mol. The lowest BCUT2D eigenvalue weighted by atomic mass is 10.2. The van der Waals surface area contributed by atoms with Crippen molar-refractivity contribution in [2.75, 3.05) is 28.0 Å². The topological polar surface area (TPSA) is 87.2 Å². The number of aryl methyl sites for hydroxylation is 2. The molecule has 7 nitrogen and oxygen atoms in total. The zero-order chi connectivity index (χ0) is 21.1. The van der Waals surface area contributed by atoms with Gasteiger partial charge < -0.3 is 10.2 Å². The quantitative estimate of drug-likeness (QED) is 0.617. The Morgan fingerprint density at radius 3 is 2.30 bits per heavy atom. The van der Waals surface area contributed by atoms with Gasteiger partial charge in [-0.2, -0.15) is 4.98 Å². The first-order valence-electron chi connectivity index (χ1n) is 9.96. The average Bonchev–Trinajstić information content (AvgIpc) is 3.24. The highest BCUT2D eigenvalue weighted by molar-refractivity contribution is 7.92. The van der Waals surface area contributed by atoms with Crippen molar-refractivity contribution >= 4 is 33.2 Å². The van der Waals surface area contributed by atoms with Gasteiger partial charge in [-0.1, -0.05) is 12.1 Å². The fourth-order valence-electron chi connectivity index (χ4n) is 3.44. The molecule has 1 fully saturated rings. The number of hydrogen-bond acceptors (Lipinski definition) is 6. The standard InChI is InChI=1S/C22H25N5O2S/c1-16-6-5-7-20(14-16)30(28,29)26-19-10-8-18(9-11-19)24-21-15-17(2)23-22(25-21)27-12-3-4-13-27/h5-11,14-15,26H,3-4,12-13H2,1-2H3,(H,23,24,25). The molecule has 2 N–H and O–H groups in total. The maximum absolute atomic E-state index is 12.6. The Labute approximate surface area is 177 Å². The van der Waals surface area contributed by atoms with Gasteiger partial charge >= 0.3 is 0 Å². The number of hydrogen-bond donors (Lipinski definition) is 2. The Balaban J connectivity index is 1.48. The van der Waals surface area contributed by atoms with Gasteiger partial charge in [0.1, 0.15) is 5.82 Å². The third-order valence-electron chi connectivity index (χ3n) is 4.94. The molecular weight excluding hydrogens is 398 g/mol. The molecule has 1 saturated heterocycles. The van der Waals surface area contributed by atoms with Crippen molar-refractivity contribution in [3.05, 3.63) is 65.9 Å². The number of rotatable bonds is 6. The smallest absolute Gasteiger partial charge is 0.261 e. The summed E-state index contributed by atoms with van der Waals surface area (Å²) in [5.74, 6) is 1.47. The minimum atomic E-state index is -3.62. The van der Waals surface area contributed by atoms with Crippen molar-refractivity contribution in [2.24, 2.45) is 0 Å². The minimum Gasteiger partial charge on any atom is -0.341 e. The second-order valence-corrected chi connectivity index (χ2v) is 9.20. The van der Waals surface area contributed by atoms with E-state index in [0.717, 1.165) is 41.8 Å². The van der Waals surface area contributed by atoms with Crippen LogP contribution < -0.4 is 14.9 Å². The highest BCUT2D eigenvalue weighted by atomic mass is 32.2. The molecule has 0 aliphatic carbocycles. The van der Waals surface area contributed by atoms with E-state index in [9.17, 15) is 8.42 Å². The lowest BCUT2D eigenvalue weighted by molar-refractivity contribution is 0.601. The van der Waals surface area contributed by atoms with Gasteiger partial charge in [-0.3, -0.25) is 4.72 Å². The monoisotopic (exact) mass is 423 g/mol. The first kappa shape index (κ1) is 20.2. The Morgan fingerprint density at radius 1 is 0.900 bits per heavy atom. The summed E-state index contributed by atoms with van der Waals surface area (Å²) in [6.45, 7) is 5.79. The van der Waals surface area contributed by atoms with Crippen LogP contribution >= 0.6 is 0 Å². The van der Waals surface area contributed by atoms with Crippen LogP contribution in [0.4, 0.5) is 23.1 Å². The van der Waals surface area contributed by atoms with Gasteiger partial charge in [0.05, 0.1) is 4.90 Å². The highest BCUT2D eigenvalue weighted by Gasteiger charge is 2.16. The maximum atomic E-state index is 12.6. The number of nitrogens with zero attached hydrogens (tertiary/aromatic N) is 3. The van der Waals surface area contributed by atoms with Crippen LogP contribution in [0.3, 0.4) is 0 Å². The second-order valence-electron chi connectivity index (χ2n) is 7.51. The first-order chi connectivity index (χ1) is 14.4. The normalized spacial score (nSPS) is 14.0. The van der Waals surface area contributed by atoms with Crippen molar-refractivity contribution in [1.29, 1.82) is 0 Å². The summed E-state index contributed by atoms with van der Waals surface area (Å²) < 4.78 is 27.8. The molecule has 8 heteroatoms. The molecule has 0 radical (unpaired) electrons. The number of anilines is 4. The molecule has 2 heterocycles. The van der Waals surface area contributed by atoms with Crippen molar-refractivity contribution in [3.8, 4) is 0 Å². The molecule has 156 valence electrons. The molecule has 0 amide bonds. The van der Waals surface area contributed by atoms with Gasteiger partial charge in [-0.05, 0) is 68.7 Å². The second kappa shape index (κ2) is 8.31. The van der Waals surface area contributed by atoms with Crippen LogP contribution in [0.1, 0.15) is 24.1 Å². The minimum absolute atomic E-state index is 0.246. The number of aromatic nitrogens is 2. The molecule has 0 atom stereocenters. The van der Waals surface area contributed by atoms with Gasteiger partial charge in [0.2, 0.25) is 5.95 Å². The van der Waals surface area contributed by atoms with E-state index in [4.69, 9.17) is 0 Å². The number of sulfonamides is 1. The van der Waals surface area contributed by atoms with E-state index in [1.807, 2.05) is 38.1 Å². The van der Waals surface area contributed by atoms with E-state index >= 15 is 0 Å². The van der Waals surface area contributed by atoms with Crippen molar-refractivity contribution in [3.63, 3.8) is 0 Å². The summed E-state index contributed by atoms with van der Waals surface area (Å²) in [7, 11) is -3.62. The molecule has 1 aliphatic heterocycles. The van der Waals surface area contributed by atoms with Crippen LogP contribution in [0.25, 0.3) is 0 Å². The molecule has 1 aromatic heterocycles. The van der Waals surface area contributed by atoms with Gasteiger partial charge in [0.15, 0.2) is 0 Å². The van der Waals surface area contributed by atoms with Crippen molar-refractivity contribution < 1.29 is 8.42 Å². The molecule has 0 saturated carbocycles. The van der Waals surface area contributed by atoms with Crippen LogP contribution in [0.15, 0.2) is 59.5 Å². The SMILES string of the molecule is Cc1cccc(S(=O)(=O)Nc2ccc(Nc3cc(C)nc(N4CCCC4)n3)cc2)c1. The zero-order valence-corrected chi connectivity index (χ0v) is 17.9. The molecule has 0 unspecified atom stereocenters. The molecule has 3 aromatic rings. The van der Waals surface area contributed by atoms with Gasteiger partial charge in [-0.15, -0.1) is 0 Å². The summed E-state index contributed by atoms with van der Waals surface area (Å²) in [6, 6.07) is 15.8. The maximum Gasteiger partial charge on any atom is 0.261 e. The summed E-state index contributed by atoms with van der Waals surface area (Å²) in [6.07, 6.45) is 2.33. The van der Waals surface area contributed by atoms with Gasteiger partial charge in [0, 0.05) is 36.2 Å². The third kappa shape index (κ3) is 4.71. The van der Waals surface area contributed by atoms with Gasteiger partial charge in [-0.25, -0.2) is 13.4 Å². The average molecular weight is 424 g/mol. The summed E-state index contributed by atoms with van der Waals surface area (Å²) in [5.41, 5.74) is 3.11. The van der Waals surface area contributed by atoms with Crippen LogP contribution in [-0.4, -0.2) is 31.5 Å². The van der Waals surface area contributed by atoms with Crippen LogP contribution in [-0.2, 0) is 10.0 Å².